The van der Waals surface area contributed by atoms with Gasteiger partial charge in [-0.25, -0.2) is 14.8 Å². The normalized spacial score (nSPS) is 11.8. The van der Waals surface area contributed by atoms with Crippen LogP contribution in [0, 0.1) is 0 Å². The van der Waals surface area contributed by atoms with E-state index in [9.17, 15) is 9.59 Å². The number of anilines is 1. The SMILES string of the molecule is C[C@H](OC(=O)c1cc(Cl)nc2ccccc12)C(=O)Nc1cccnc1Cl. The first kappa shape index (κ1) is 18.1. The zero-order valence-electron chi connectivity index (χ0n) is 13.6. The second-order valence-corrected chi connectivity index (χ2v) is 6.13. The number of benzene rings is 1. The number of ether oxygens (including phenoxy) is 1. The lowest BCUT2D eigenvalue weighted by molar-refractivity contribution is -0.123. The highest BCUT2D eigenvalue weighted by molar-refractivity contribution is 6.32. The predicted molar refractivity (Wildman–Crippen MR) is 99.5 cm³/mol. The molecule has 0 saturated carbocycles. The molecule has 8 heteroatoms. The molecular weight excluding hydrogens is 377 g/mol. The van der Waals surface area contributed by atoms with E-state index in [-0.39, 0.29) is 15.9 Å². The predicted octanol–water partition coefficient (Wildman–Crippen LogP) is 4.12. The summed E-state index contributed by atoms with van der Waals surface area (Å²) in [6, 6.07) is 11.7. The van der Waals surface area contributed by atoms with E-state index in [0.29, 0.717) is 16.6 Å². The van der Waals surface area contributed by atoms with Crippen LogP contribution in [-0.4, -0.2) is 27.9 Å². The molecule has 1 amide bonds. The highest BCUT2D eigenvalue weighted by atomic mass is 35.5. The lowest BCUT2D eigenvalue weighted by Gasteiger charge is -2.14. The van der Waals surface area contributed by atoms with Gasteiger partial charge in [-0.15, -0.1) is 0 Å². The summed E-state index contributed by atoms with van der Waals surface area (Å²) in [5.74, 6) is -1.21. The Bertz CT molecular complexity index is 994. The maximum atomic E-state index is 12.5. The number of hydrogen-bond donors (Lipinski definition) is 1. The van der Waals surface area contributed by atoms with E-state index in [2.05, 4.69) is 15.3 Å². The van der Waals surface area contributed by atoms with Crippen LogP contribution >= 0.6 is 23.2 Å². The molecule has 6 nitrogen and oxygen atoms in total. The highest BCUT2D eigenvalue weighted by Gasteiger charge is 2.22. The number of para-hydroxylation sites is 1. The van der Waals surface area contributed by atoms with E-state index in [0.717, 1.165) is 0 Å². The molecule has 1 atom stereocenters. The van der Waals surface area contributed by atoms with Crippen LogP contribution in [0.3, 0.4) is 0 Å². The Kier molecular flexibility index (Phi) is 5.35. The minimum atomic E-state index is -1.05. The molecule has 0 radical (unpaired) electrons. The van der Waals surface area contributed by atoms with Gasteiger partial charge in [0, 0.05) is 11.6 Å². The number of carbonyl (C=O) groups excluding carboxylic acids is 2. The molecule has 3 rings (SSSR count). The lowest BCUT2D eigenvalue weighted by atomic mass is 10.1. The first-order valence-corrected chi connectivity index (χ1v) is 8.39. The largest absolute Gasteiger partial charge is 0.449 e. The minimum absolute atomic E-state index is 0.145. The molecule has 0 spiro atoms. The van der Waals surface area contributed by atoms with Gasteiger partial charge in [0.1, 0.15) is 5.15 Å². The topological polar surface area (TPSA) is 81.2 Å². The van der Waals surface area contributed by atoms with Crippen LogP contribution in [0.5, 0.6) is 0 Å². The van der Waals surface area contributed by atoms with Crippen molar-refractivity contribution in [2.24, 2.45) is 0 Å². The second kappa shape index (κ2) is 7.68. The smallest absolute Gasteiger partial charge is 0.339 e. The third-order valence-corrected chi connectivity index (χ3v) is 4.07. The van der Waals surface area contributed by atoms with Crippen LogP contribution in [0.15, 0.2) is 48.7 Å². The minimum Gasteiger partial charge on any atom is -0.449 e. The monoisotopic (exact) mass is 389 g/mol. The second-order valence-electron chi connectivity index (χ2n) is 5.39. The molecule has 132 valence electrons. The molecule has 0 saturated heterocycles. The zero-order valence-corrected chi connectivity index (χ0v) is 15.1. The van der Waals surface area contributed by atoms with E-state index >= 15 is 0 Å². The average Bonchev–Trinajstić information content (AvgIpc) is 2.62. The average molecular weight is 390 g/mol. The summed E-state index contributed by atoms with van der Waals surface area (Å²) in [5.41, 5.74) is 1.13. The summed E-state index contributed by atoms with van der Waals surface area (Å²) in [5, 5.41) is 3.46. The summed E-state index contributed by atoms with van der Waals surface area (Å²) < 4.78 is 5.27. The third-order valence-electron chi connectivity index (χ3n) is 3.57. The molecule has 0 fully saturated rings. The van der Waals surface area contributed by atoms with Gasteiger partial charge in [0.2, 0.25) is 0 Å². The fraction of sp³-hybridized carbons (Fsp3) is 0.111. The quantitative estimate of drug-likeness (QED) is 0.535. The van der Waals surface area contributed by atoms with Gasteiger partial charge < -0.3 is 10.1 Å². The summed E-state index contributed by atoms with van der Waals surface area (Å²) in [7, 11) is 0. The molecular formula is C18H13Cl2N3O3. The molecule has 0 aliphatic heterocycles. The van der Waals surface area contributed by atoms with E-state index in [1.807, 2.05) is 0 Å². The number of rotatable bonds is 4. The number of nitrogens with zero attached hydrogens (tertiary/aromatic N) is 2. The van der Waals surface area contributed by atoms with Crippen molar-refractivity contribution < 1.29 is 14.3 Å². The molecule has 26 heavy (non-hydrogen) atoms. The van der Waals surface area contributed by atoms with E-state index in [1.54, 1.807) is 36.4 Å². The van der Waals surface area contributed by atoms with Gasteiger partial charge in [-0.05, 0) is 31.2 Å². The molecule has 3 aromatic rings. The van der Waals surface area contributed by atoms with Crippen molar-refractivity contribution in [2.45, 2.75) is 13.0 Å². The Balaban J connectivity index is 1.77. The van der Waals surface area contributed by atoms with Crippen molar-refractivity contribution in [3.63, 3.8) is 0 Å². The number of hydrogen-bond acceptors (Lipinski definition) is 5. The number of pyridine rings is 2. The van der Waals surface area contributed by atoms with Gasteiger partial charge in [0.05, 0.1) is 16.8 Å². The molecule has 0 unspecified atom stereocenters. The fourth-order valence-electron chi connectivity index (χ4n) is 2.30. The Labute approximate surface area is 159 Å². The molecule has 0 aliphatic carbocycles. The van der Waals surface area contributed by atoms with Crippen molar-refractivity contribution in [3.8, 4) is 0 Å². The number of fused-ring (bicyclic) bond motifs is 1. The van der Waals surface area contributed by atoms with Gasteiger partial charge >= 0.3 is 5.97 Å². The molecule has 2 heterocycles. The molecule has 1 aromatic carbocycles. The number of carbonyl (C=O) groups is 2. The molecule has 0 bridgehead atoms. The van der Waals surface area contributed by atoms with E-state index < -0.39 is 18.0 Å². The Hall–Kier alpha value is -2.70. The van der Waals surface area contributed by atoms with Crippen molar-refractivity contribution in [2.75, 3.05) is 5.32 Å². The highest BCUT2D eigenvalue weighted by Crippen LogP contribution is 2.22. The van der Waals surface area contributed by atoms with Crippen LogP contribution in [0.4, 0.5) is 5.69 Å². The Morgan fingerprint density at radius 3 is 2.69 bits per heavy atom. The van der Waals surface area contributed by atoms with Gasteiger partial charge in [-0.1, -0.05) is 41.4 Å². The maximum absolute atomic E-state index is 12.5. The van der Waals surface area contributed by atoms with Gasteiger partial charge in [0.25, 0.3) is 5.91 Å². The number of amides is 1. The Morgan fingerprint density at radius 2 is 1.92 bits per heavy atom. The van der Waals surface area contributed by atoms with Crippen LogP contribution in [0.25, 0.3) is 10.9 Å². The molecule has 2 aromatic heterocycles. The first-order valence-electron chi connectivity index (χ1n) is 7.63. The van der Waals surface area contributed by atoms with E-state index in [1.165, 1.54) is 19.2 Å². The summed E-state index contributed by atoms with van der Waals surface area (Å²) in [6.45, 7) is 1.46. The number of esters is 1. The van der Waals surface area contributed by atoms with Crippen LogP contribution in [0.1, 0.15) is 17.3 Å². The van der Waals surface area contributed by atoms with Crippen LogP contribution in [-0.2, 0) is 9.53 Å². The van der Waals surface area contributed by atoms with E-state index in [4.69, 9.17) is 27.9 Å². The zero-order chi connectivity index (χ0) is 18.7. The maximum Gasteiger partial charge on any atom is 0.339 e. The van der Waals surface area contributed by atoms with Crippen LogP contribution < -0.4 is 5.32 Å². The summed E-state index contributed by atoms with van der Waals surface area (Å²) >= 11 is 11.9. The molecule has 1 N–H and O–H groups in total. The number of nitrogens with one attached hydrogen (secondary N) is 1. The summed E-state index contributed by atoms with van der Waals surface area (Å²) in [4.78, 5) is 32.8. The summed E-state index contributed by atoms with van der Waals surface area (Å²) in [6.07, 6.45) is 0.448. The van der Waals surface area contributed by atoms with Crippen LogP contribution in [0.2, 0.25) is 10.3 Å². The third kappa shape index (κ3) is 3.92. The van der Waals surface area contributed by atoms with Crippen molar-refractivity contribution in [3.05, 3.63) is 64.5 Å². The lowest BCUT2D eigenvalue weighted by Crippen LogP contribution is -2.30. The van der Waals surface area contributed by atoms with Crippen molar-refractivity contribution in [1.29, 1.82) is 0 Å². The van der Waals surface area contributed by atoms with Crippen molar-refractivity contribution in [1.82, 2.24) is 9.97 Å². The number of aromatic nitrogens is 2. The van der Waals surface area contributed by atoms with Gasteiger partial charge in [-0.3, -0.25) is 4.79 Å². The standard InChI is InChI=1S/C18H13Cl2N3O3/c1-10(17(24)23-14-7-4-8-21-16(14)20)26-18(25)12-9-15(19)22-13-6-3-2-5-11(12)13/h2-10H,1H3,(H,23,24)/t10-/m0/s1. The molecule has 0 aliphatic rings. The van der Waals surface area contributed by atoms with Gasteiger partial charge in [0.15, 0.2) is 11.3 Å². The fourth-order valence-corrected chi connectivity index (χ4v) is 2.67. The Morgan fingerprint density at radius 1 is 1.15 bits per heavy atom. The first-order chi connectivity index (χ1) is 12.5. The number of halogens is 2. The van der Waals surface area contributed by atoms with Gasteiger partial charge in [-0.2, -0.15) is 0 Å². The van der Waals surface area contributed by atoms with Crippen molar-refractivity contribution >= 4 is 51.7 Å².